The number of ether oxygens (including phenoxy) is 1. The molecule has 0 aliphatic rings. The monoisotopic (exact) mass is 276 g/mol. The zero-order valence-electron chi connectivity index (χ0n) is 10.5. The zero-order chi connectivity index (χ0) is 14.7. The van der Waals surface area contributed by atoms with Gasteiger partial charge >= 0.3 is 5.97 Å². The summed E-state index contributed by atoms with van der Waals surface area (Å²) in [6.07, 6.45) is 0.134. The Kier molecular flexibility index (Phi) is 3.89. The van der Waals surface area contributed by atoms with E-state index in [1.54, 1.807) is 12.1 Å². The fourth-order valence-corrected chi connectivity index (χ4v) is 1.78. The van der Waals surface area contributed by atoms with E-state index in [1.807, 2.05) is 0 Å². The summed E-state index contributed by atoms with van der Waals surface area (Å²) < 4.78 is 31.6. The maximum Gasteiger partial charge on any atom is 0.337 e. The van der Waals surface area contributed by atoms with Gasteiger partial charge in [0.15, 0.2) is 6.29 Å². The van der Waals surface area contributed by atoms with Crippen molar-refractivity contribution in [2.45, 2.75) is 0 Å². The van der Waals surface area contributed by atoms with Crippen molar-refractivity contribution in [1.29, 1.82) is 0 Å². The molecule has 0 amide bonds. The highest BCUT2D eigenvalue weighted by Crippen LogP contribution is 2.24. The molecule has 5 heteroatoms. The van der Waals surface area contributed by atoms with Crippen molar-refractivity contribution in [3.05, 3.63) is 59.2 Å². The van der Waals surface area contributed by atoms with Crippen LogP contribution in [-0.4, -0.2) is 19.4 Å². The van der Waals surface area contributed by atoms with Crippen LogP contribution in [0.25, 0.3) is 11.1 Å². The molecule has 20 heavy (non-hydrogen) atoms. The number of benzene rings is 2. The summed E-state index contributed by atoms with van der Waals surface area (Å²) in [5.74, 6) is -2.34. The van der Waals surface area contributed by atoms with E-state index in [1.165, 1.54) is 19.2 Å². The van der Waals surface area contributed by atoms with E-state index in [-0.39, 0.29) is 11.8 Å². The van der Waals surface area contributed by atoms with Gasteiger partial charge in [-0.1, -0.05) is 12.1 Å². The first-order chi connectivity index (χ1) is 9.56. The van der Waals surface area contributed by atoms with Gasteiger partial charge in [0.1, 0.15) is 11.6 Å². The first-order valence-electron chi connectivity index (χ1n) is 5.69. The second-order valence-corrected chi connectivity index (χ2v) is 4.04. The lowest BCUT2D eigenvalue weighted by molar-refractivity contribution is 0.0600. The van der Waals surface area contributed by atoms with Gasteiger partial charge < -0.3 is 4.74 Å². The lowest BCUT2D eigenvalue weighted by Crippen LogP contribution is -2.00. The molecule has 0 aliphatic heterocycles. The van der Waals surface area contributed by atoms with E-state index in [4.69, 9.17) is 0 Å². The zero-order valence-corrected chi connectivity index (χ0v) is 10.5. The molecule has 0 atom stereocenters. The molecular formula is C15H10F2O3. The molecule has 102 valence electrons. The van der Waals surface area contributed by atoms with E-state index in [0.29, 0.717) is 11.1 Å². The predicted molar refractivity (Wildman–Crippen MR) is 68.5 cm³/mol. The van der Waals surface area contributed by atoms with Crippen molar-refractivity contribution < 1.29 is 23.1 Å². The summed E-state index contributed by atoms with van der Waals surface area (Å²) in [7, 11) is 1.26. The van der Waals surface area contributed by atoms with E-state index in [2.05, 4.69) is 4.74 Å². The third kappa shape index (κ3) is 2.56. The Morgan fingerprint density at radius 3 is 2.05 bits per heavy atom. The number of halogens is 2. The number of esters is 1. The molecular weight excluding hydrogens is 266 g/mol. The number of carbonyl (C=O) groups is 2. The van der Waals surface area contributed by atoms with Crippen LogP contribution in [0, 0.1) is 11.6 Å². The molecule has 0 N–H and O–H groups in total. The molecule has 2 aromatic carbocycles. The third-order valence-corrected chi connectivity index (χ3v) is 2.84. The lowest BCUT2D eigenvalue weighted by Gasteiger charge is -2.06. The number of hydrogen-bond acceptors (Lipinski definition) is 3. The van der Waals surface area contributed by atoms with E-state index < -0.39 is 23.2 Å². The second kappa shape index (κ2) is 5.61. The Hall–Kier alpha value is -2.56. The van der Waals surface area contributed by atoms with Crippen LogP contribution in [0.4, 0.5) is 8.78 Å². The topological polar surface area (TPSA) is 43.4 Å². The molecule has 0 aliphatic carbocycles. The largest absolute Gasteiger partial charge is 0.465 e. The first kappa shape index (κ1) is 13.9. The highest BCUT2D eigenvalue weighted by atomic mass is 19.1. The summed E-state index contributed by atoms with van der Waals surface area (Å²) in [5, 5.41) is 0. The van der Waals surface area contributed by atoms with Crippen LogP contribution in [0.15, 0.2) is 36.4 Å². The third-order valence-electron chi connectivity index (χ3n) is 2.84. The smallest absolute Gasteiger partial charge is 0.337 e. The Labute approximate surface area is 113 Å². The fourth-order valence-electron chi connectivity index (χ4n) is 1.78. The van der Waals surface area contributed by atoms with Crippen LogP contribution >= 0.6 is 0 Å². The van der Waals surface area contributed by atoms with E-state index >= 15 is 0 Å². The maximum atomic E-state index is 13.5. The molecule has 0 aromatic heterocycles. The molecule has 0 saturated carbocycles. The normalized spacial score (nSPS) is 10.2. The van der Waals surface area contributed by atoms with Crippen LogP contribution in [0.5, 0.6) is 0 Å². The minimum Gasteiger partial charge on any atom is -0.465 e. The maximum absolute atomic E-state index is 13.5. The van der Waals surface area contributed by atoms with Gasteiger partial charge in [0.2, 0.25) is 0 Å². The molecule has 0 unspecified atom stereocenters. The number of methoxy groups -OCH3 is 1. The van der Waals surface area contributed by atoms with Gasteiger partial charge in [-0.15, -0.1) is 0 Å². The predicted octanol–water partition coefficient (Wildman–Crippen LogP) is 3.23. The van der Waals surface area contributed by atoms with Crippen LogP contribution in [0.3, 0.4) is 0 Å². The SMILES string of the molecule is COC(=O)c1ccc(-c2cc(F)c(C=O)c(F)c2)cc1. The summed E-state index contributed by atoms with van der Waals surface area (Å²) >= 11 is 0. The van der Waals surface area contributed by atoms with Crippen LogP contribution < -0.4 is 0 Å². The molecule has 2 rings (SSSR count). The highest BCUT2D eigenvalue weighted by Gasteiger charge is 2.12. The molecule has 3 nitrogen and oxygen atoms in total. The second-order valence-electron chi connectivity index (χ2n) is 4.04. The number of hydrogen-bond donors (Lipinski definition) is 0. The fraction of sp³-hybridized carbons (Fsp3) is 0.0667. The summed E-state index contributed by atoms with van der Waals surface area (Å²) in [5.41, 5.74) is 0.538. The molecule has 0 heterocycles. The van der Waals surface area contributed by atoms with Crippen LogP contribution in [0.2, 0.25) is 0 Å². The highest BCUT2D eigenvalue weighted by molar-refractivity contribution is 5.90. The van der Waals surface area contributed by atoms with Gasteiger partial charge in [-0.25, -0.2) is 13.6 Å². The van der Waals surface area contributed by atoms with Gasteiger partial charge in [-0.05, 0) is 35.4 Å². The Bertz CT molecular complexity index is 640. The molecule has 0 spiro atoms. The summed E-state index contributed by atoms with van der Waals surface area (Å²) in [6, 6.07) is 8.21. The average Bonchev–Trinajstić information content (AvgIpc) is 2.46. The quantitative estimate of drug-likeness (QED) is 0.638. The Morgan fingerprint density at radius 2 is 1.60 bits per heavy atom. The summed E-state index contributed by atoms with van der Waals surface area (Å²) in [6.45, 7) is 0. The number of aldehydes is 1. The van der Waals surface area contributed by atoms with Gasteiger partial charge in [0.25, 0.3) is 0 Å². The van der Waals surface area contributed by atoms with Crippen molar-refractivity contribution in [2.75, 3.05) is 7.11 Å². The van der Waals surface area contributed by atoms with Crippen LogP contribution in [-0.2, 0) is 4.74 Å². The summed E-state index contributed by atoms with van der Waals surface area (Å²) in [4.78, 5) is 21.8. The van der Waals surface area contributed by atoms with Crippen molar-refractivity contribution in [3.8, 4) is 11.1 Å². The van der Waals surface area contributed by atoms with E-state index in [0.717, 1.165) is 12.1 Å². The van der Waals surface area contributed by atoms with Crippen molar-refractivity contribution >= 4 is 12.3 Å². The molecule has 2 aromatic rings. The Morgan fingerprint density at radius 1 is 1.05 bits per heavy atom. The van der Waals surface area contributed by atoms with Gasteiger partial charge in [-0.2, -0.15) is 0 Å². The minimum absolute atomic E-state index is 0.134. The van der Waals surface area contributed by atoms with Gasteiger partial charge in [0.05, 0.1) is 18.2 Å². The molecule has 0 fully saturated rings. The molecule has 0 saturated heterocycles. The van der Waals surface area contributed by atoms with Crippen molar-refractivity contribution in [1.82, 2.24) is 0 Å². The van der Waals surface area contributed by atoms with Gasteiger partial charge in [-0.3, -0.25) is 4.79 Å². The lowest BCUT2D eigenvalue weighted by atomic mass is 10.0. The standard InChI is InChI=1S/C15H10F2O3/c1-20-15(19)10-4-2-9(3-5-10)11-6-13(16)12(8-18)14(17)7-11/h2-8H,1H3. The Balaban J connectivity index is 2.42. The van der Waals surface area contributed by atoms with Crippen molar-refractivity contribution in [3.63, 3.8) is 0 Å². The molecule has 0 radical (unpaired) electrons. The van der Waals surface area contributed by atoms with Crippen LogP contribution in [0.1, 0.15) is 20.7 Å². The van der Waals surface area contributed by atoms with Gasteiger partial charge in [0, 0.05) is 0 Å². The first-order valence-corrected chi connectivity index (χ1v) is 5.69. The minimum atomic E-state index is -0.924. The van der Waals surface area contributed by atoms with E-state index in [9.17, 15) is 18.4 Å². The number of rotatable bonds is 3. The molecule has 0 bridgehead atoms. The average molecular weight is 276 g/mol. The van der Waals surface area contributed by atoms with Crippen molar-refractivity contribution in [2.24, 2.45) is 0 Å². The number of carbonyl (C=O) groups excluding carboxylic acids is 2.